The average molecular weight is 252 g/mol. The Bertz CT molecular complexity index is 339. The summed E-state index contributed by atoms with van der Waals surface area (Å²) in [6.45, 7) is 2.82. The zero-order valence-electron chi connectivity index (χ0n) is 10.4. The maximum absolute atomic E-state index is 11.8. The first-order valence-electron chi connectivity index (χ1n) is 6.42. The SMILES string of the molecule is CCOC1CC(CC(=O)CCc2ccsc2)C1. The number of rotatable bonds is 7. The van der Waals surface area contributed by atoms with Crippen molar-refractivity contribution in [3.63, 3.8) is 0 Å². The molecule has 17 heavy (non-hydrogen) atoms. The molecule has 0 amide bonds. The van der Waals surface area contributed by atoms with Crippen molar-refractivity contribution in [3.8, 4) is 0 Å². The van der Waals surface area contributed by atoms with Crippen molar-refractivity contribution in [3.05, 3.63) is 22.4 Å². The minimum absolute atomic E-state index is 0.413. The number of carbonyl (C=O) groups is 1. The predicted molar refractivity (Wildman–Crippen MR) is 70.4 cm³/mol. The van der Waals surface area contributed by atoms with E-state index in [0.29, 0.717) is 24.2 Å². The van der Waals surface area contributed by atoms with Crippen LogP contribution in [0, 0.1) is 5.92 Å². The molecule has 0 bridgehead atoms. The maximum atomic E-state index is 11.8. The van der Waals surface area contributed by atoms with E-state index in [-0.39, 0.29) is 0 Å². The van der Waals surface area contributed by atoms with Gasteiger partial charge in [-0.25, -0.2) is 0 Å². The summed E-state index contributed by atoms with van der Waals surface area (Å²) >= 11 is 1.70. The zero-order valence-corrected chi connectivity index (χ0v) is 11.2. The van der Waals surface area contributed by atoms with Gasteiger partial charge in [0.2, 0.25) is 0 Å². The van der Waals surface area contributed by atoms with E-state index in [2.05, 4.69) is 16.8 Å². The van der Waals surface area contributed by atoms with Crippen LogP contribution < -0.4 is 0 Å². The molecule has 1 fully saturated rings. The Labute approximate surface area is 107 Å². The molecule has 1 aliphatic carbocycles. The Balaban J connectivity index is 1.59. The minimum Gasteiger partial charge on any atom is -0.378 e. The molecule has 3 heteroatoms. The summed E-state index contributed by atoms with van der Waals surface area (Å²) in [6.07, 6.45) is 4.95. The molecule has 2 rings (SSSR count). The van der Waals surface area contributed by atoms with Gasteiger partial charge in [0.15, 0.2) is 0 Å². The minimum atomic E-state index is 0.413. The molecule has 0 radical (unpaired) electrons. The first-order chi connectivity index (χ1) is 8.28. The second-order valence-electron chi connectivity index (χ2n) is 4.79. The predicted octanol–water partition coefficient (Wildman–Crippen LogP) is 3.46. The molecule has 0 N–H and O–H groups in total. The fourth-order valence-corrected chi connectivity index (χ4v) is 3.06. The van der Waals surface area contributed by atoms with Crippen LogP contribution in [0.5, 0.6) is 0 Å². The highest BCUT2D eigenvalue weighted by atomic mass is 32.1. The number of hydrogen-bond donors (Lipinski definition) is 0. The molecular weight excluding hydrogens is 232 g/mol. The molecule has 0 unspecified atom stereocenters. The van der Waals surface area contributed by atoms with Gasteiger partial charge in [-0.2, -0.15) is 11.3 Å². The van der Waals surface area contributed by atoms with E-state index in [1.165, 1.54) is 5.56 Å². The van der Waals surface area contributed by atoms with Gasteiger partial charge < -0.3 is 4.74 Å². The molecule has 1 saturated carbocycles. The Morgan fingerprint density at radius 3 is 3.00 bits per heavy atom. The summed E-state index contributed by atoms with van der Waals surface area (Å²) in [7, 11) is 0. The van der Waals surface area contributed by atoms with Gasteiger partial charge in [0.25, 0.3) is 0 Å². The van der Waals surface area contributed by atoms with Crippen LogP contribution in [-0.4, -0.2) is 18.5 Å². The topological polar surface area (TPSA) is 26.3 Å². The van der Waals surface area contributed by atoms with Gasteiger partial charge in [0, 0.05) is 19.4 Å². The molecule has 0 saturated heterocycles. The largest absolute Gasteiger partial charge is 0.378 e. The Hall–Kier alpha value is -0.670. The molecule has 0 spiro atoms. The van der Waals surface area contributed by atoms with Crippen LogP contribution in [0.25, 0.3) is 0 Å². The molecule has 1 aliphatic rings. The molecule has 1 aromatic heterocycles. The highest BCUT2D eigenvalue weighted by Gasteiger charge is 2.30. The molecule has 1 aromatic rings. The van der Waals surface area contributed by atoms with Crippen molar-refractivity contribution in [2.24, 2.45) is 5.92 Å². The summed E-state index contributed by atoms with van der Waals surface area (Å²) in [5.74, 6) is 0.998. The summed E-state index contributed by atoms with van der Waals surface area (Å²) in [5, 5.41) is 4.19. The Morgan fingerprint density at radius 2 is 2.35 bits per heavy atom. The standard InChI is InChI=1S/C14H20O2S/c1-2-16-14-8-12(9-14)7-13(15)4-3-11-5-6-17-10-11/h5-6,10,12,14H,2-4,7-9H2,1H3. The monoisotopic (exact) mass is 252 g/mol. The maximum Gasteiger partial charge on any atom is 0.133 e. The average Bonchev–Trinajstić information content (AvgIpc) is 2.76. The normalized spacial score (nSPS) is 23.4. The summed E-state index contributed by atoms with van der Waals surface area (Å²) in [5.41, 5.74) is 1.30. The second kappa shape index (κ2) is 6.31. The zero-order chi connectivity index (χ0) is 12.1. The van der Waals surface area contributed by atoms with Crippen LogP contribution in [0.1, 0.15) is 38.2 Å². The van der Waals surface area contributed by atoms with E-state index in [1.54, 1.807) is 11.3 Å². The number of aryl methyl sites for hydroxylation is 1. The van der Waals surface area contributed by atoms with Gasteiger partial charge in [0.1, 0.15) is 5.78 Å². The first-order valence-corrected chi connectivity index (χ1v) is 7.36. The van der Waals surface area contributed by atoms with Gasteiger partial charge in [0.05, 0.1) is 6.10 Å². The molecule has 2 nitrogen and oxygen atoms in total. The first kappa shape index (κ1) is 12.8. The Morgan fingerprint density at radius 1 is 1.53 bits per heavy atom. The second-order valence-corrected chi connectivity index (χ2v) is 5.57. The molecule has 1 heterocycles. The van der Waals surface area contributed by atoms with Crippen LogP contribution in [0.2, 0.25) is 0 Å². The smallest absolute Gasteiger partial charge is 0.133 e. The Kier molecular flexibility index (Phi) is 4.75. The quantitative estimate of drug-likeness (QED) is 0.743. The van der Waals surface area contributed by atoms with Crippen molar-refractivity contribution in [2.75, 3.05) is 6.61 Å². The fourth-order valence-electron chi connectivity index (χ4n) is 2.36. The van der Waals surface area contributed by atoms with Crippen LogP contribution in [0.4, 0.5) is 0 Å². The summed E-state index contributed by atoms with van der Waals surface area (Å²) < 4.78 is 5.50. The highest BCUT2D eigenvalue weighted by molar-refractivity contribution is 7.07. The molecule has 0 aliphatic heterocycles. The fraction of sp³-hybridized carbons (Fsp3) is 0.643. The van der Waals surface area contributed by atoms with E-state index in [9.17, 15) is 4.79 Å². The number of ketones is 1. The molecule has 0 aromatic carbocycles. The lowest BCUT2D eigenvalue weighted by Gasteiger charge is -2.34. The molecule has 0 atom stereocenters. The van der Waals surface area contributed by atoms with Gasteiger partial charge in [-0.3, -0.25) is 4.79 Å². The third-order valence-corrected chi connectivity index (χ3v) is 4.12. The molecule has 94 valence electrons. The van der Waals surface area contributed by atoms with Crippen LogP contribution >= 0.6 is 11.3 Å². The van der Waals surface area contributed by atoms with E-state index in [4.69, 9.17) is 4.74 Å². The van der Waals surface area contributed by atoms with E-state index < -0.39 is 0 Å². The van der Waals surface area contributed by atoms with Gasteiger partial charge in [-0.05, 0) is 54.5 Å². The van der Waals surface area contributed by atoms with Crippen LogP contribution in [0.3, 0.4) is 0 Å². The third kappa shape index (κ3) is 3.93. The van der Waals surface area contributed by atoms with Crippen molar-refractivity contribution in [1.29, 1.82) is 0 Å². The number of ether oxygens (including phenoxy) is 1. The number of Topliss-reactive ketones (excluding diaryl/α,β-unsaturated/α-hetero) is 1. The van der Waals surface area contributed by atoms with Crippen molar-refractivity contribution in [1.82, 2.24) is 0 Å². The number of hydrogen-bond acceptors (Lipinski definition) is 3. The van der Waals surface area contributed by atoms with Crippen LogP contribution in [0.15, 0.2) is 16.8 Å². The van der Waals surface area contributed by atoms with E-state index >= 15 is 0 Å². The lowest BCUT2D eigenvalue weighted by Crippen LogP contribution is -2.32. The van der Waals surface area contributed by atoms with E-state index in [0.717, 1.165) is 32.3 Å². The van der Waals surface area contributed by atoms with Gasteiger partial charge in [-0.15, -0.1) is 0 Å². The lowest BCUT2D eigenvalue weighted by atomic mass is 9.78. The number of carbonyl (C=O) groups excluding carboxylic acids is 1. The van der Waals surface area contributed by atoms with Crippen molar-refractivity contribution >= 4 is 17.1 Å². The molecular formula is C14H20O2S. The summed E-state index contributed by atoms with van der Waals surface area (Å²) in [4.78, 5) is 11.8. The van der Waals surface area contributed by atoms with Crippen molar-refractivity contribution in [2.45, 2.75) is 45.1 Å². The third-order valence-electron chi connectivity index (χ3n) is 3.38. The highest BCUT2D eigenvalue weighted by Crippen LogP contribution is 2.33. The van der Waals surface area contributed by atoms with Gasteiger partial charge in [-0.1, -0.05) is 0 Å². The van der Waals surface area contributed by atoms with Crippen LogP contribution in [-0.2, 0) is 16.0 Å². The van der Waals surface area contributed by atoms with Gasteiger partial charge >= 0.3 is 0 Å². The van der Waals surface area contributed by atoms with Crippen molar-refractivity contribution < 1.29 is 9.53 Å². The van der Waals surface area contributed by atoms with E-state index in [1.807, 2.05) is 6.92 Å². The number of thiophene rings is 1. The lowest BCUT2D eigenvalue weighted by molar-refractivity contribution is -0.122. The summed E-state index contributed by atoms with van der Waals surface area (Å²) in [6, 6.07) is 2.10.